The maximum Gasteiger partial charge on any atom is 0.495 e. The normalized spacial score (nSPS) is 25.1. The van der Waals surface area contributed by atoms with Crippen molar-refractivity contribution in [1.82, 2.24) is 4.57 Å². The van der Waals surface area contributed by atoms with E-state index in [4.69, 9.17) is 9.31 Å². The summed E-state index contributed by atoms with van der Waals surface area (Å²) in [4.78, 5) is 11.5. The van der Waals surface area contributed by atoms with Gasteiger partial charge in [0, 0.05) is 18.8 Å². The quantitative estimate of drug-likeness (QED) is 0.636. The summed E-state index contributed by atoms with van der Waals surface area (Å²) in [6.07, 6.45) is 1.94. The van der Waals surface area contributed by atoms with Gasteiger partial charge in [0.25, 0.3) is 5.56 Å². The van der Waals surface area contributed by atoms with Gasteiger partial charge in [0.05, 0.1) is 12.2 Å². The second-order valence-electron chi connectivity index (χ2n) is 4.39. The first-order valence-electron chi connectivity index (χ1n) is 5.47. The molecule has 0 saturated carbocycles. The molecule has 0 amide bonds. The molecule has 0 bridgehead atoms. The van der Waals surface area contributed by atoms with Gasteiger partial charge in [0.1, 0.15) is 0 Å². The van der Waals surface area contributed by atoms with E-state index in [9.17, 15) is 4.79 Å². The molecule has 16 heavy (non-hydrogen) atoms. The maximum atomic E-state index is 11.5. The third-order valence-electron chi connectivity index (χ3n) is 2.99. The Morgan fingerprint density at radius 2 is 1.88 bits per heavy atom. The molecule has 0 radical (unpaired) electrons. The van der Waals surface area contributed by atoms with Crippen LogP contribution in [0.15, 0.2) is 17.1 Å². The number of aromatic nitrogens is 1. The van der Waals surface area contributed by atoms with Gasteiger partial charge in [0.15, 0.2) is 0 Å². The van der Waals surface area contributed by atoms with E-state index in [1.165, 1.54) is 0 Å². The monoisotopic (exact) mass is 221 g/mol. The zero-order chi connectivity index (χ0) is 11.9. The zero-order valence-corrected chi connectivity index (χ0v) is 10.1. The molecule has 1 aromatic heterocycles. The van der Waals surface area contributed by atoms with Crippen LogP contribution in [0.5, 0.6) is 0 Å². The predicted octanol–water partition coefficient (Wildman–Crippen LogP) is 0.213. The minimum atomic E-state index is -0.351. The lowest BCUT2D eigenvalue weighted by Crippen LogP contribution is -2.37. The molecule has 2 unspecified atom stereocenters. The molecule has 2 atom stereocenters. The van der Waals surface area contributed by atoms with Crippen molar-refractivity contribution in [2.45, 2.75) is 33.0 Å². The van der Waals surface area contributed by atoms with E-state index in [0.29, 0.717) is 5.56 Å². The Morgan fingerprint density at radius 1 is 1.31 bits per heavy atom. The van der Waals surface area contributed by atoms with Crippen LogP contribution in [0.4, 0.5) is 0 Å². The van der Waals surface area contributed by atoms with Gasteiger partial charge < -0.3 is 13.9 Å². The average molecular weight is 221 g/mol. The first kappa shape index (κ1) is 11.4. The van der Waals surface area contributed by atoms with Gasteiger partial charge in [-0.05, 0) is 26.2 Å². The summed E-state index contributed by atoms with van der Waals surface area (Å²) in [6.45, 7) is 5.77. The van der Waals surface area contributed by atoms with E-state index in [1.54, 1.807) is 24.7 Å². The number of aryl methyl sites for hydroxylation is 2. The van der Waals surface area contributed by atoms with Crippen LogP contribution in [-0.2, 0) is 16.4 Å². The SMILES string of the molecule is Cc1cc(B2OC(C)C(C)O2)cn(C)c1=O. The fraction of sp³-hybridized carbons (Fsp3) is 0.545. The first-order valence-corrected chi connectivity index (χ1v) is 5.47. The van der Waals surface area contributed by atoms with Crippen LogP contribution in [-0.4, -0.2) is 23.9 Å². The van der Waals surface area contributed by atoms with E-state index in [2.05, 4.69) is 0 Å². The molecule has 0 aromatic carbocycles. The minimum Gasteiger partial charge on any atom is -0.402 e. The number of hydrogen-bond donors (Lipinski definition) is 0. The Bertz CT molecular complexity index is 421. The van der Waals surface area contributed by atoms with Gasteiger partial charge in [-0.25, -0.2) is 0 Å². The summed E-state index contributed by atoms with van der Waals surface area (Å²) in [5, 5.41) is 0. The second kappa shape index (κ2) is 4.07. The fourth-order valence-electron chi connectivity index (χ4n) is 1.84. The van der Waals surface area contributed by atoms with Crippen molar-refractivity contribution in [2.24, 2.45) is 7.05 Å². The molecule has 1 aliphatic rings. The summed E-state index contributed by atoms with van der Waals surface area (Å²) in [7, 11) is 1.39. The van der Waals surface area contributed by atoms with Gasteiger partial charge in [0.2, 0.25) is 0 Å². The Hall–Kier alpha value is -1.07. The molecule has 2 heterocycles. The lowest BCUT2D eigenvalue weighted by atomic mass is 9.80. The molecule has 0 aliphatic carbocycles. The molecular formula is C11H16BNO3. The molecule has 1 fully saturated rings. The highest BCUT2D eigenvalue weighted by atomic mass is 16.7. The highest BCUT2D eigenvalue weighted by Gasteiger charge is 2.36. The van der Waals surface area contributed by atoms with Gasteiger partial charge in [-0.2, -0.15) is 0 Å². The summed E-state index contributed by atoms with van der Waals surface area (Å²) in [5.74, 6) is 0. The van der Waals surface area contributed by atoms with Gasteiger partial charge in [-0.3, -0.25) is 4.79 Å². The largest absolute Gasteiger partial charge is 0.495 e. The van der Waals surface area contributed by atoms with Crippen molar-refractivity contribution in [3.05, 3.63) is 28.2 Å². The molecule has 1 saturated heterocycles. The molecule has 2 rings (SSSR count). The lowest BCUT2D eigenvalue weighted by Gasteiger charge is -2.08. The van der Waals surface area contributed by atoms with Gasteiger partial charge in [-0.1, -0.05) is 6.07 Å². The smallest absolute Gasteiger partial charge is 0.402 e. The standard InChI is InChI=1S/C11H16BNO3/c1-7-5-10(6-13(4)11(7)14)12-15-8(2)9(3)16-12/h5-6,8-9H,1-4H3. The van der Waals surface area contributed by atoms with Crippen molar-refractivity contribution in [3.63, 3.8) is 0 Å². The number of pyridine rings is 1. The van der Waals surface area contributed by atoms with Crippen LogP contribution in [0.3, 0.4) is 0 Å². The Balaban J connectivity index is 2.32. The molecule has 4 nitrogen and oxygen atoms in total. The molecule has 86 valence electrons. The minimum absolute atomic E-state index is 0.0165. The van der Waals surface area contributed by atoms with Crippen molar-refractivity contribution >= 4 is 12.6 Å². The van der Waals surface area contributed by atoms with E-state index in [0.717, 1.165) is 5.46 Å². The van der Waals surface area contributed by atoms with Crippen molar-refractivity contribution < 1.29 is 9.31 Å². The highest BCUT2D eigenvalue weighted by Crippen LogP contribution is 2.15. The Morgan fingerprint density at radius 3 is 2.38 bits per heavy atom. The number of rotatable bonds is 1. The van der Waals surface area contributed by atoms with E-state index in [1.807, 2.05) is 19.9 Å². The van der Waals surface area contributed by atoms with Gasteiger partial charge >= 0.3 is 7.12 Å². The molecule has 5 heteroatoms. The zero-order valence-electron chi connectivity index (χ0n) is 10.1. The third-order valence-corrected chi connectivity index (χ3v) is 2.99. The maximum absolute atomic E-state index is 11.5. The molecule has 0 N–H and O–H groups in total. The molecule has 0 spiro atoms. The summed E-state index contributed by atoms with van der Waals surface area (Å²) in [5.41, 5.74) is 1.62. The molecule has 1 aromatic rings. The van der Waals surface area contributed by atoms with E-state index in [-0.39, 0.29) is 24.9 Å². The van der Waals surface area contributed by atoms with Crippen LogP contribution in [0, 0.1) is 6.92 Å². The van der Waals surface area contributed by atoms with Crippen molar-refractivity contribution in [3.8, 4) is 0 Å². The second-order valence-corrected chi connectivity index (χ2v) is 4.39. The highest BCUT2D eigenvalue weighted by molar-refractivity contribution is 6.61. The topological polar surface area (TPSA) is 40.5 Å². The van der Waals surface area contributed by atoms with Gasteiger partial charge in [-0.15, -0.1) is 0 Å². The van der Waals surface area contributed by atoms with Crippen LogP contribution in [0.1, 0.15) is 19.4 Å². The van der Waals surface area contributed by atoms with Crippen LogP contribution in [0.25, 0.3) is 0 Å². The van der Waals surface area contributed by atoms with E-state index >= 15 is 0 Å². The van der Waals surface area contributed by atoms with Crippen molar-refractivity contribution in [1.29, 1.82) is 0 Å². The predicted molar refractivity (Wildman–Crippen MR) is 62.9 cm³/mol. The first-order chi connectivity index (χ1) is 7.49. The van der Waals surface area contributed by atoms with Crippen LogP contribution in [0.2, 0.25) is 0 Å². The van der Waals surface area contributed by atoms with Crippen LogP contribution >= 0.6 is 0 Å². The average Bonchev–Trinajstić information content (AvgIpc) is 2.55. The number of hydrogen-bond acceptors (Lipinski definition) is 3. The Kier molecular flexibility index (Phi) is 2.91. The van der Waals surface area contributed by atoms with Crippen LogP contribution < -0.4 is 11.0 Å². The fourth-order valence-corrected chi connectivity index (χ4v) is 1.84. The molecule has 1 aliphatic heterocycles. The van der Waals surface area contributed by atoms with E-state index < -0.39 is 0 Å². The summed E-state index contributed by atoms with van der Waals surface area (Å²) >= 11 is 0. The summed E-state index contributed by atoms with van der Waals surface area (Å²) < 4.78 is 12.9. The molecular weight excluding hydrogens is 205 g/mol. The third kappa shape index (κ3) is 1.93. The summed E-state index contributed by atoms with van der Waals surface area (Å²) in [6, 6.07) is 1.83. The van der Waals surface area contributed by atoms with Crippen molar-refractivity contribution in [2.75, 3.05) is 0 Å². The Labute approximate surface area is 95.3 Å². The number of nitrogens with zero attached hydrogens (tertiary/aromatic N) is 1. The lowest BCUT2D eigenvalue weighted by molar-refractivity contribution is 0.187.